The molecule has 0 fully saturated rings. The highest BCUT2D eigenvalue weighted by atomic mass is 35.5. The van der Waals surface area contributed by atoms with Crippen LogP contribution in [0.3, 0.4) is 0 Å². The van der Waals surface area contributed by atoms with Crippen molar-refractivity contribution in [3.05, 3.63) is 63.5 Å². The summed E-state index contributed by atoms with van der Waals surface area (Å²) in [6, 6.07) is 11.0. The molecule has 1 heterocycles. The fraction of sp³-hybridized carbons (Fsp3) is 0.0714. The van der Waals surface area contributed by atoms with E-state index >= 15 is 0 Å². The zero-order chi connectivity index (χ0) is 15.2. The molecule has 3 rings (SSSR count). The molecule has 0 amide bonds. The molecular formula is C14H11ClN2O3S. The molecule has 0 saturated carbocycles. The van der Waals surface area contributed by atoms with Crippen LogP contribution >= 0.6 is 11.6 Å². The summed E-state index contributed by atoms with van der Waals surface area (Å²) in [5.74, 6) is 0. The van der Waals surface area contributed by atoms with Crippen molar-refractivity contribution < 1.29 is 8.42 Å². The van der Waals surface area contributed by atoms with Gasteiger partial charge in [-0.25, -0.2) is 13.2 Å². The highest BCUT2D eigenvalue weighted by Crippen LogP contribution is 2.21. The molecule has 0 aliphatic carbocycles. The van der Waals surface area contributed by atoms with E-state index in [-0.39, 0.29) is 10.4 Å². The topological polar surface area (TPSA) is 71.9 Å². The lowest BCUT2D eigenvalue weighted by molar-refractivity contribution is 0.587. The van der Waals surface area contributed by atoms with Gasteiger partial charge in [-0.3, -0.25) is 0 Å². The summed E-state index contributed by atoms with van der Waals surface area (Å²) in [6.07, 6.45) is 0. The maximum atomic E-state index is 12.7. The van der Waals surface area contributed by atoms with Gasteiger partial charge in [-0.15, -0.1) is 0 Å². The average molecular weight is 323 g/mol. The van der Waals surface area contributed by atoms with Crippen LogP contribution in [0.1, 0.15) is 5.56 Å². The summed E-state index contributed by atoms with van der Waals surface area (Å²) in [7, 11) is -3.98. The van der Waals surface area contributed by atoms with Gasteiger partial charge < -0.3 is 4.98 Å². The number of nitrogens with zero attached hydrogens (tertiary/aromatic N) is 1. The van der Waals surface area contributed by atoms with Crippen molar-refractivity contribution in [3.63, 3.8) is 0 Å². The smallest absolute Gasteiger partial charge is 0.305 e. The van der Waals surface area contributed by atoms with Gasteiger partial charge in [0.05, 0.1) is 15.9 Å². The van der Waals surface area contributed by atoms with Gasteiger partial charge in [-0.1, -0.05) is 23.7 Å². The second kappa shape index (κ2) is 4.75. The van der Waals surface area contributed by atoms with Gasteiger partial charge >= 0.3 is 5.69 Å². The number of aromatic amines is 1. The SMILES string of the molecule is Cc1cccc(S(=O)(=O)n2c(=O)[nH]c3ccc(Cl)cc32)c1. The molecule has 0 atom stereocenters. The third-order valence-corrected chi connectivity index (χ3v) is 5.06. The van der Waals surface area contributed by atoms with Gasteiger partial charge in [0.2, 0.25) is 0 Å². The molecular weight excluding hydrogens is 312 g/mol. The lowest BCUT2D eigenvalue weighted by Gasteiger charge is -2.06. The minimum absolute atomic E-state index is 0.0606. The molecule has 0 unspecified atom stereocenters. The molecule has 0 saturated heterocycles. The standard InChI is InChI=1S/C14H11ClN2O3S/c1-9-3-2-4-11(7-9)21(19,20)17-13-8-10(15)5-6-12(13)16-14(17)18/h2-8H,1H3,(H,16,18). The number of aryl methyl sites for hydroxylation is 1. The van der Waals surface area contributed by atoms with Gasteiger partial charge in [0, 0.05) is 5.02 Å². The predicted molar refractivity (Wildman–Crippen MR) is 81.3 cm³/mol. The highest BCUT2D eigenvalue weighted by molar-refractivity contribution is 7.90. The number of hydrogen-bond acceptors (Lipinski definition) is 3. The van der Waals surface area contributed by atoms with E-state index in [0.717, 1.165) is 9.54 Å². The first kappa shape index (κ1) is 13.9. The molecule has 7 heteroatoms. The summed E-state index contributed by atoms with van der Waals surface area (Å²) in [6.45, 7) is 1.79. The Hall–Kier alpha value is -2.05. The molecule has 21 heavy (non-hydrogen) atoms. The largest absolute Gasteiger partial charge is 0.340 e. The first-order chi connectivity index (χ1) is 9.89. The van der Waals surface area contributed by atoms with E-state index in [0.29, 0.717) is 10.5 Å². The summed E-state index contributed by atoms with van der Waals surface area (Å²) in [5.41, 5.74) is 0.727. The third-order valence-electron chi connectivity index (χ3n) is 3.13. The quantitative estimate of drug-likeness (QED) is 0.788. The lowest BCUT2D eigenvalue weighted by atomic mass is 10.2. The number of hydrogen-bond donors (Lipinski definition) is 1. The zero-order valence-corrected chi connectivity index (χ0v) is 12.6. The van der Waals surface area contributed by atoms with Crippen molar-refractivity contribution in [2.45, 2.75) is 11.8 Å². The van der Waals surface area contributed by atoms with Crippen LogP contribution in [0.25, 0.3) is 11.0 Å². The first-order valence-corrected chi connectivity index (χ1v) is 7.94. The van der Waals surface area contributed by atoms with Gasteiger partial charge in [-0.2, -0.15) is 3.97 Å². The molecule has 1 aromatic heterocycles. The minimum Gasteiger partial charge on any atom is -0.305 e. The Morgan fingerprint density at radius 2 is 1.90 bits per heavy atom. The summed E-state index contributed by atoms with van der Waals surface area (Å²) in [5, 5.41) is 0.356. The van der Waals surface area contributed by atoms with Gasteiger partial charge in [-0.05, 0) is 42.8 Å². The molecule has 0 aliphatic rings. The summed E-state index contributed by atoms with van der Waals surface area (Å²) in [4.78, 5) is 14.6. The van der Waals surface area contributed by atoms with Crippen LogP contribution in [-0.2, 0) is 10.0 Å². The Labute approximate surface area is 125 Å². The second-order valence-corrected chi connectivity index (χ2v) is 6.90. The van der Waals surface area contributed by atoms with Gasteiger partial charge in [0.25, 0.3) is 10.0 Å². The first-order valence-electron chi connectivity index (χ1n) is 6.12. The number of nitrogens with one attached hydrogen (secondary N) is 1. The van der Waals surface area contributed by atoms with E-state index in [1.165, 1.54) is 18.2 Å². The van der Waals surface area contributed by atoms with Crippen LogP contribution in [0.5, 0.6) is 0 Å². The number of benzene rings is 2. The monoisotopic (exact) mass is 322 g/mol. The van der Waals surface area contributed by atoms with Gasteiger partial charge in [0.1, 0.15) is 0 Å². The van der Waals surface area contributed by atoms with E-state index in [4.69, 9.17) is 11.6 Å². The zero-order valence-electron chi connectivity index (χ0n) is 11.0. The van der Waals surface area contributed by atoms with Crippen LogP contribution in [-0.4, -0.2) is 17.4 Å². The van der Waals surface area contributed by atoms with Crippen molar-refractivity contribution in [3.8, 4) is 0 Å². The number of halogens is 1. The molecule has 3 aromatic rings. The summed E-state index contributed by atoms with van der Waals surface area (Å²) >= 11 is 5.90. The third kappa shape index (κ3) is 2.26. The highest BCUT2D eigenvalue weighted by Gasteiger charge is 2.22. The number of rotatable bonds is 2. The average Bonchev–Trinajstić information content (AvgIpc) is 2.74. The molecule has 5 nitrogen and oxygen atoms in total. The molecule has 0 bridgehead atoms. The Kier molecular flexibility index (Phi) is 3.15. The number of fused-ring (bicyclic) bond motifs is 1. The fourth-order valence-electron chi connectivity index (χ4n) is 2.17. The number of imidazole rings is 1. The molecule has 1 N–H and O–H groups in total. The van der Waals surface area contributed by atoms with Crippen LogP contribution in [0, 0.1) is 6.92 Å². The maximum absolute atomic E-state index is 12.7. The fourth-order valence-corrected chi connectivity index (χ4v) is 3.81. The maximum Gasteiger partial charge on any atom is 0.340 e. The predicted octanol–water partition coefficient (Wildman–Crippen LogP) is 2.53. The van der Waals surface area contributed by atoms with Crippen LogP contribution in [0.2, 0.25) is 5.02 Å². The Balaban J connectivity index is 2.36. The normalized spacial score (nSPS) is 11.9. The molecule has 0 spiro atoms. The van der Waals surface area contributed by atoms with Crippen LogP contribution < -0.4 is 5.69 Å². The van der Waals surface area contributed by atoms with Crippen LogP contribution in [0.4, 0.5) is 0 Å². The summed E-state index contributed by atoms with van der Waals surface area (Å²) < 4.78 is 26.1. The van der Waals surface area contributed by atoms with E-state index in [9.17, 15) is 13.2 Å². The Morgan fingerprint density at radius 1 is 1.14 bits per heavy atom. The molecule has 0 aliphatic heterocycles. The molecule has 2 aromatic carbocycles. The van der Waals surface area contributed by atoms with Crippen molar-refractivity contribution in [1.82, 2.24) is 8.96 Å². The molecule has 0 radical (unpaired) electrons. The van der Waals surface area contributed by atoms with E-state index < -0.39 is 15.7 Å². The minimum atomic E-state index is -3.98. The van der Waals surface area contributed by atoms with Crippen molar-refractivity contribution >= 4 is 32.7 Å². The molecule has 108 valence electrons. The Morgan fingerprint density at radius 3 is 2.62 bits per heavy atom. The number of H-pyrrole nitrogens is 1. The van der Waals surface area contributed by atoms with Gasteiger partial charge in [0.15, 0.2) is 0 Å². The van der Waals surface area contributed by atoms with Crippen molar-refractivity contribution in [2.75, 3.05) is 0 Å². The lowest BCUT2D eigenvalue weighted by Crippen LogP contribution is -2.25. The van der Waals surface area contributed by atoms with Crippen molar-refractivity contribution in [1.29, 1.82) is 0 Å². The van der Waals surface area contributed by atoms with Crippen molar-refractivity contribution in [2.24, 2.45) is 0 Å². The van der Waals surface area contributed by atoms with E-state index in [1.54, 1.807) is 31.2 Å². The van der Waals surface area contributed by atoms with E-state index in [1.807, 2.05) is 0 Å². The van der Waals surface area contributed by atoms with Crippen LogP contribution in [0.15, 0.2) is 52.2 Å². The van der Waals surface area contributed by atoms with E-state index in [2.05, 4.69) is 4.98 Å². The Bertz CT molecular complexity index is 1000. The number of aromatic nitrogens is 2. The second-order valence-electron chi connectivity index (χ2n) is 4.68.